The lowest BCUT2D eigenvalue weighted by atomic mass is 9.91. The molecule has 0 bridgehead atoms. The number of nitrogens with zero attached hydrogens (tertiary/aromatic N) is 1. The summed E-state index contributed by atoms with van der Waals surface area (Å²) < 4.78 is 0. The van der Waals surface area contributed by atoms with Crippen molar-refractivity contribution in [3.63, 3.8) is 0 Å². The number of rotatable bonds is 5. The molecule has 1 aliphatic carbocycles. The molecule has 2 unspecified atom stereocenters. The van der Waals surface area contributed by atoms with E-state index in [9.17, 15) is 5.11 Å². The van der Waals surface area contributed by atoms with Crippen LogP contribution in [0.25, 0.3) is 0 Å². The maximum atomic E-state index is 9.86. The summed E-state index contributed by atoms with van der Waals surface area (Å²) in [6.07, 6.45) is 3.01. The largest absolute Gasteiger partial charge is 0.393 e. The molecule has 1 fully saturated rings. The van der Waals surface area contributed by atoms with E-state index in [4.69, 9.17) is 0 Å². The lowest BCUT2D eigenvalue weighted by Gasteiger charge is -2.25. The van der Waals surface area contributed by atoms with Gasteiger partial charge in [0.05, 0.1) is 6.10 Å². The summed E-state index contributed by atoms with van der Waals surface area (Å²) in [7, 11) is 1.79. The Hall–Kier alpha value is -0.340. The zero-order chi connectivity index (χ0) is 15.3. The Morgan fingerprint density at radius 3 is 2.73 bits per heavy atom. The molecule has 126 valence electrons. The third-order valence-electron chi connectivity index (χ3n) is 4.26. The summed E-state index contributed by atoms with van der Waals surface area (Å²) >= 11 is 1.79. The van der Waals surface area contributed by atoms with Gasteiger partial charge < -0.3 is 15.7 Å². The normalized spacial score (nSPS) is 22.3. The zero-order valence-corrected chi connectivity index (χ0v) is 16.8. The van der Waals surface area contributed by atoms with E-state index >= 15 is 0 Å². The fourth-order valence-electron chi connectivity index (χ4n) is 2.76. The highest BCUT2D eigenvalue weighted by Crippen LogP contribution is 2.26. The SMILES string of the molecule is CN=C(NCC1CCCC1O)NCC(C)(C)c1cccs1.I. The van der Waals surface area contributed by atoms with Crippen molar-refractivity contribution in [3.8, 4) is 0 Å². The molecule has 1 aromatic rings. The highest BCUT2D eigenvalue weighted by atomic mass is 127. The van der Waals surface area contributed by atoms with Crippen molar-refractivity contribution in [2.75, 3.05) is 20.1 Å². The first-order valence-electron chi connectivity index (χ1n) is 7.69. The van der Waals surface area contributed by atoms with Gasteiger partial charge in [-0.3, -0.25) is 4.99 Å². The molecule has 6 heteroatoms. The van der Waals surface area contributed by atoms with Crippen molar-refractivity contribution < 1.29 is 5.11 Å². The molecular weight excluding hydrogens is 409 g/mol. The van der Waals surface area contributed by atoms with Gasteiger partial charge in [0.2, 0.25) is 0 Å². The van der Waals surface area contributed by atoms with Gasteiger partial charge in [-0.05, 0) is 24.3 Å². The van der Waals surface area contributed by atoms with E-state index in [-0.39, 0.29) is 35.5 Å². The van der Waals surface area contributed by atoms with E-state index in [1.54, 1.807) is 18.4 Å². The van der Waals surface area contributed by atoms with E-state index in [0.717, 1.165) is 38.3 Å². The minimum atomic E-state index is -0.154. The van der Waals surface area contributed by atoms with E-state index in [1.165, 1.54) is 4.88 Å². The topological polar surface area (TPSA) is 56.7 Å². The third kappa shape index (κ3) is 5.38. The van der Waals surface area contributed by atoms with Crippen molar-refractivity contribution in [2.45, 2.75) is 44.6 Å². The van der Waals surface area contributed by atoms with Crippen LogP contribution in [0.15, 0.2) is 22.5 Å². The second kappa shape index (κ2) is 9.08. The molecule has 3 N–H and O–H groups in total. The average molecular weight is 437 g/mol. The van der Waals surface area contributed by atoms with Crippen LogP contribution in [0.4, 0.5) is 0 Å². The van der Waals surface area contributed by atoms with Gasteiger partial charge in [-0.1, -0.05) is 26.3 Å². The highest BCUT2D eigenvalue weighted by Gasteiger charge is 2.25. The summed E-state index contributed by atoms with van der Waals surface area (Å²) in [6.45, 7) is 6.10. The minimum absolute atomic E-state index is 0. The van der Waals surface area contributed by atoms with Crippen molar-refractivity contribution in [3.05, 3.63) is 22.4 Å². The van der Waals surface area contributed by atoms with Crippen LogP contribution in [0.3, 0.4) is 0 Å². The molecule has 0 amide bonds. The quantitative estimate of drug-likeness (QED) is 0.377. The molecule has 0 radical (unpaired) electrons. The number of aliphatic hydroxyl groups is 1. The molecular formula is C16H28IN3OS. The fourth-order valence-corrected chi connectivity index (χ4v) is 3.61. The number of aliphatic imine (C=N–C) groups is 1. The molecule has 0 aliphatic heterocycles. The molecule has 0 spiro atoms. The van der Waals surface area contributed by atoms with Gasteiger partial charge >= 0.3 is 0 Å². The molecule has 4 nitrogen and oxygen atoms in total. The number of hydrogen-bond donors (Lipinski definition) is 3. The maximum absolute atomic E-state index is 9.86. The molecule has 1 aromatic heterocycles. The first-order chi connectivity index (χ1) is 10.0. The second-order valence-corrected chi connectivity index (χ2v) is 7.37. The minimum Gasteiger partial charge on any atom is -0.393 e. The number of thiophene rings is 1. The zero-order valence-electron chi connectivity index (χ0n) is 13.6. The van der Waals surface area contributed by atoms with Crippen LogP contribution in [0, 0.1) is 5.92 Å². The van der Waals surface area contributed by atoms with E-state index in [1.807, 2.05) is 0 Å². The van der Waals surface area contributed by atoms with Crippen LogP contribution in [0.2, 0.25) is 0 Å². The van der Waals surface area contributed by atoms with Gasteiger partial charge in [0, 0.05) is 36.3 Å². The molecule has 1 saturated carbocycles. The van der Waals surface area contributed by atoms with Crippen LogP contribution in [0.5, 0.6) is 0 Å². The van der Waals surface area contributed by atoms with E-state index in [0.29, 0.717) is 5.92 Å². The van der Waals surface area contributed by atoms with Gasteiger partial charge in [0.15, 0.2) is 5.96 Å². The van der Waals surface area contributed by atoms with Crippen molar-refractivity contribution >= 4 is 41.3 Å². The molecule has 1 heterocycles. The van der Waals surface area contributed by atoms with Crippen LogP contribution in [-0.4, -0.2) is 37.3 Å². The monoisotopic (exact) mass is 437 g/mol. The molecule has 0 saturated heterocycles. The summed E-state index contributed by atoms with van der Waals surface area (Å²) in [5.41, 5.74) is 0.0820. The lowest BCUT2D eigenvalue weighted by Crippen LogP contribution is -2.45. The van der Waals surface area contributed by atoms with Crippen LogP contribution in [0.1, 0.15) is 38.0 Å². The number of aliphatic hydroxyl groups excluding tert-OH is 1. The second-order valence-electron chi connectivity index (χ2n) is 6.43. The van der Waals surface area contributed by atoms with E-state index < -0.39 is 0 Å². The Morgan fingerprint density at radius 2 is 2.18 bits per heavy atom. The third-order valence-corrected chi connectivity index (χ3v) is 5.50. The van der Waals surface area contributed by atoms with Gasteiger partial charge in [0.25, 0.3) is 0 Å². The first kappa shape index (κ1) is 19.7. The summed E-state index contributed by atoms with van der Waals surface area (Å²) in [5, 5.41) is 18.7. The smallest absolute Gasteiger partial charge is 0.191 e. The predicted molar refractivity (Wildman–Crippen MR) is 105 cm³/mol. The maximum Gasteiger partial charge on any atom is 0.191 e. The fraction of sp³-hybridized carbons (Fsp3) is 0.688. The Morgan fingerprint density at radius 1 is 1.41 bits per heavy atom. The molecule has 22 heavy (non-hydrogen) atoms. The molecule has 2 atom stereocenters. The van der Waals surface area contributed by atoms with Crippen LogP contribution in [-0.2, 0) is 5.41 Å². The molecule has 1 aliphatic rings. The van der Waals surface area contributed by atoms with Crippen molar-refractivity contribution in [1.29, 1.82) is 0 Å². The van der Waals surface area contributed by atoms with Crippen molar-refractivity contribution in [2.24, 2.45) is 10.9 Å². The number of nitrogens with one attached hydrogen (secondary N) is 2. The van der Waals surface area contributed by atoms with Gasteiger partial charge in [0.1, 0.15) is 0 Å². The Labute approximate surface area is 154 Å². The number of hydrogen-bond acceptors (Lipinski definition) is 3. The Bertz CT molecular complexity index is 462. The van der Waals surface area contributed by atoms with Crippen molar-refractivity contribution in [1.82, 2.24) is 10.6 Å². The summed E-state index contributed by atoms with van der Waals surface area (Å²) in [5.74, 6) is 1.17. The first-order valence-corrected chi connectivity index (χ1v) is 8.57. The van der Waals surface area contributed by atoms with Gasteiger partial charge in [-0.2, -0.15) is 0 Å². The standard InChI is InChI=1S/C16H27N3OS.HI/c1-16(2,14-8-5-9-21-14)11-19-15(17-3)18-10-12-6-4-7-13(12)20;/h5,8-9,12-13,20H,4,6-7,10-11H2,1-3H3,(H2,17,18,19);1H. The van der Waals surface area contributed by atoms with Gasteiger partial charge in [-0.15, -0.1) is 35.3 Å². The summed E-state index contributed by atoms with van der Waals surface area (Å²) in [4.78, 5) is 5.65. The Kier molecular flexibility index (Phi) is 8.13. The van der Waals surface area contributed by atoms with Crippen LogP contribution >= 0.6 is 35.3 Å². The molecule has 2 rings (SSSR count). The predicted octanol–water partition coefficient (Wildman–Crippen LogP) is 2.97. The number of guanidine groups is 1. The molecule has 0 aromatic carbocycles. The van der Waals surface area contributed by atoms with Crippen LogP contribution < -0.4 is 10.6 Å². The average Bonchev–Trinajstić information content (AvgIpc) is 3.11. The summed E-state index contributed by atoms with van der Waals surface area (Å²) in [6, 6.07) is 4.27. The highest BCUT2D eigenvalue weighted by molar-refractivity contribution is 14.0. The van der Waals surface area contributed by atoms with Gasteiger partial charge in [-0.25, -0.2) is 0 Å². The lowest BCUT2D eigenvalue weighted by molar-refractivity contribution is 0.134. The number of halogens is 1. The Balaban J connectivity index is 0.00000242. The van der Waals surface area contributed by atoms with E-state index in [2.05, 4.69) is 47.0 Å².